The van der Waals surface area contributed by atoms with E-state index in [9.17, 15) is 14.7 Å². The van der Waals surface area contributed by atoms with Gasteiger partial charge >= 0.3 is 5.97 Å². The highest BCUT2D eigenvalue weighted by molar-refractivity contribution is 5.79. The van der Waals surface area contributed by atoms with Crippen molar-refractivity contribution < 1.29 is 19.4 Å². The molecule has 2 unspecified atom stereocenters. The summed E-state index contributed by atoms with van der Waals surface area (Å²) in [5.41, 5.74) is 1.30. The Bertz CT molecular complexity index is 682. The number of rotatable bonds is 2. The molecule has 8 atom stereocenters. The molecule has 3 fully saturated rings. The Morgan fingerprint density at radius 3 is 2.59 bits per heavy atom. The Labute approximate surface area is 162 Å². The Balaban J connectivity index is 1.76. The van der Waals surface area contributed by atoms with E-state index in [0.29, 0.717) is 23.5 Å². The number of carbonyl (C=O) groups excluding carboxylic acids is 2. The van der Waals surface area contributed by atoms with Crippen molar-refractivity contribution in [2.75, 3.05) is 0 Å². The van der Waals surface area contributed by atoms with E-state index in [-0.39, 0.29) is 34.9 Å². The fourth-order valence-corrected chi connectivity index (χ4v) is 7.73. The van der Waals surface area contributed by atoms with Gasteiger partial charge in [-0.25, -0.2) is 0 Å². The molecule has 0 aromatic heterocycles. The molecule has 0 heterocycles. The average molecular weight is 375 g/mol. The van der Waals surface area contributed by atoms with Crippen molar-refractivity contribution in [3.63, 3.8) is 0 Å². The van der Waals surface area contributed by atoms with E-state index >= 15 is 0 Å². The van der Waals surface area contributed by atoms with Gasteiger partial charge in [0, 0.05) is 18.8 Å². The molecule has 0 saturated heterocycles. The van der Waals surface area contributed by atoms with Crippen molar-refractivity contribution in [2.24, 2.45) is 34.5 Å². The predicted octanol–water partition coefficient (Wildman–Crippen LogP) is 4.06. The van der Waals surface area contributed by atoms with Crippen LogP contribution in [0.4, 0.5) is 0 Å². The van der Waals surface area contributed by atoms with E-state index in [1.165, 1.54) is 12.5 Å². The number of allylic oxidation sites excluding steroid dienone is 1. The monoisotopic (exact) mass is 374 g/mol. The number of Topliss-reactive ketones (excluding diaryl/α,β-unsaturated/α-hetero) is 1. The third-order valence-corrected chi connectivity index (χ3v) is 8.80. The first-order valence-electron chi connectivity index (χ1n) is 10.7. The topological polar surface area (TPSA) is 63.6 Å². The molecule has 27 heavy (non-hydrogen) atoms. The van der Waals surface area contributed by atoms with Gasteiger partial charge in [-0.2, -0.15) is 0 Å². The fraction of sp³-hybridized carbons (Fsp3) is 0.826. The van der Waals surface area contributed by atoms with Crippen LogP contribution in [-0.2, 0) is 14.3 Å². The molecular weight excluding hydrogens is 340 g/mol. The van der Waals surface area contributed by atoms with Crippen molar-refractivity contribution in [1.29, 1.82) is 0 Å². The largest absolute Gasteiger partial charge is 0.462 e. The van der Waals surface area contributed by atoms with Crippen LogP contribution >= 0.6 is 0 Å². The van der Waals surface area contributed by atoms with Crippen LogP contribution in [0.3, 0.4) is 0 Å². The van der Waals surface area contributed by atoms with E-state index in [1.807, 2.05) is 0 Å². The molecule has 0 radical (unpaired) electrons. The Hall–Kier alpha value is -1.16. The lowest BCUT2D eigenvalue weighted by atomic mass is 9.46. The van der Waals surface area contributed by atoms with E-state index in [1.54, 1.807) is 6.92 Å². The summed E-state index contributed by atoms with van der Waals surface area (Å²) in [6.07, 6.45) is 8.41. The van der Waals surface area contributed by atoms with Crippen LogP contribution in [0.5, 0.6) is 0 Å². The molecule has 0 aliphatic heterocycles. The van der Waals surface area contributed by atoms with Crippen LogP contribution in [0.25, 0.3) is 0 Å². The third-order valence-electron chi connectivity index (χ3n) is 8.80. The maximum absolute atomic E-state index is 12.4. The molecule has 4 aliphatic rings. The van der Waals surface area contributed by atoms with Crippen molar-refractivity contribution >= 4 is 11.8 Å². The smallest absolute Gasteiger partial charge is 0.302 e. The summed E-state index contributed by atoms with van der Waals surface area (Å²) in [4.78, 5) is 24.3. The highest BCUT2D eigenvalue weighted by atomic mass is 16.5. The van der Waals surface area contributed by atoms with Gasteiger partial charge in [0.2, 0.25) is 0 Å². The number of ketones is 1. The number of aliphatic hydroxyl groups excluding tert-OH is 1. The normalized spacial score (nSPS) is 48.7. The Kier molecular flexibility index (Phi) is 4.57. The molecule has 0 aromatic carbocycles. The van der Waals surface area contributed by atoms with Gasteiger partial charge in [0.15, 0.2) is 0 Å². The third kappa shape index (κ3) is 2.82. The first kappa shape index (κ1) is 19.2. The lowest BCUT2D eigenvalue weighted by molar-refractivity contribution is -0.174. The maximum atomic E-state index is 12.4. The number of hydrogen-bond donors (Lipinski definition) is 1. The summed E-state index contributed by atoms with van der Waals surface area (Å²) in [6, 6.07) is 0. The molecule has 0 spiro atoms. The molecule has 4 nitrogen and oxygen atoms in total. The lowest BCUT2D eigenvalue weighted by Gasteiger charge is -2.60. The summed E-state index contributed by atoms with van der Waals surface area (Å²) in [5, 5.41) is 10.2. The zero-order valence-corrected chi connectivity index (χ0v) is 17.2. The molecule has 4 aliphatic carbocycles. The predicted molar refractivity (Wildman–Crippen MR) is 103 cm³/mol. The van der Waals surface area contributed by atoms with Crippen molar-refractivity contribution in [1.82, 2.24) is 0 Å². The lowest BCUT2D eigenvalue weighted by Crippen LogP contribution is -2.57. The molecule has 0 aromatic rings. The minimum absolute atomic E-state index is 0.00208. The van der Waals surface area contributed by atoms with Crippen molar-refractivity contribution in [3.05, 3.63) is 11.6 Å². The molecular formula is C23H34O4. The van der Waals surface area contributed by atoms with Gasteiger partial charge in [0.25, 0.3) is 0 Å². The Morgan fingerprint density at radius 1 is 1.19 bits per heavy atom. The minimum Gasteiger partial charge on any atom is -0.462 e. The van der Waals surface area contributed by atoms with Gasteiger partial charge in [-0.3, -0.25) is 9.59 Å². The van der Waals surface area contributed by atoms with E-state index in [2.05, 4.69) is 19.9 Å². The average Bonchev–Trinajstić information content (AvgIpc) is 2.91. The summed E-state index contributed by atoms with van der Waals surface area (Å²) < 4.78 is 5.96. The summed E-state index contributed by atoms with van der Waals surface area (Å²) in [5.74, 6) is 1.45. The van der Waals surface area contributed by atoms with Crippen LogP contribution < -0.4 is 0 Å². The minimum atomic E-state index is -0.240. The van der Waals surface area contributed by atoms with Crippen molar-refractivity contribution in [3.8, 4) is 0 Å². The van der Waals surface area contributed by atoms with Crippen LogP contribution in [0.15, 0.2) is 11.6 Å². The number of aliphatic hydroxyl groups is 1. The second-order valence-electron chi connectivity index (χ2n) is 10.2. The first-order valence-corrected chi connectivity index (χ1v) is 10.7. The zero-order valence-electron chi connectivity index (χ0n) is 17.2. The molecule has 0 bridgehead atoms. The summed E-state index contributed by atoms with van der Waals surface area (Å²) in [7, 11) is 0. The van der Waals surface area contributed by atoms with E-state index < -0.39 is 0 Å². The van der Waals surface area contributed by atoms with Crippen LogP contribution in [0.1, 0.15) is 72.6 Å². The molecule has 4 rings (SSSR count). The standard InChI is InChI=1S/C23H34O4/c1-13(24)18-7-8-19-17-6-5-15-11-16(26)9-10-22(15,3)21(17)20(27-14(2)25)12-23(18,19)4/h5,16-21,26H,6-12H2,1-4H3/t16?,17-,18+,19-,20?,21+,22-,23+/m0/s1. The molecule has 3 saturated carbocycles. The van der Waals surface area contributed by atoms with Crippen molar-refractivity contribution in [2.45, 2.75) is 84.8 Å². The van der Waals surface area contributed by atoms with Gasteiger partial charge in [-0.15, -0.1) is 0 Å². The molecule has 1 N–H and O–H groups in total. The van der Waals surface area contributed by atoms with Gasteiger partial charge in [0.05, 0.1) is 6.10 Å². The van der Waals surface area contributed by atoms with Gasteiger partial charge in [-0.05, 0) is 74.5 Å². The highest BCUT2D eigenvalue weighted by Crippen LogP contribution is 2.66. The number of hydrogen-bond acceptors (Lipinski definition) is 4. The summed E-state index contributed by atoms with van der Waals surface area (Å²) in [6.45, 7) is 7.84. The number of carbonyl (C=O) groups is 2. The van der Waals surface area contributed by atoms with Gasteiger partial charge in [-0.1, -0.05) is 25.5 Å². The second kappa shape index (κ2) is 6.43. The molecule has 4 heteroatoms. The molecule has 0 amide bonds. The highest BCUT2D eigenvalue weighted by Gasteiger charge is 2.63. The van der Waals surface area contributed by atoms with E-state index in [4.69, 9.17) is 4.74 Å². The quantitative estimate of drug-likeness (QED) is 0.585. The summed E-state index contributed by atoms with van der Waals surface area (Å²) >= 11 is 0. The van der Waals surface area contributed by atoms with Crippen LogP contribution in [-0.4, -0.2) is 29.1 Å². The number of ether oxygens (including phenoxy) is 1. The fourth-order valence-electron chi connectivity index (χ4n) is 7.73. The first-order chi connectivity index (χ1) is 12.7. The van der Waals surface area contributed by atoms with Gasteiger partial charge < -0.3 is 9.84 Å². The number of fused-ring (bicyclic) bond motifs is 5. The van der Waals surface area contributed by atoms with Gasteiger partial charge in [0.1, 0.15) is 11.9 Å². The second-order valence-corrected chi connectivity index (χ2v) is 10.2. The number of esters is 1. The van der Waals surface area contributed by atoms with Crippen LogP contribution in [0.2, 0.25) is 0 Å². The van der Waals surface area contributed by atoms with Crippen LogP contribution in [0, 0.1) is 34.5 Å². The maximum Gasteiger partial charge on any atom is 0.302 e. The van der Waals surface area contributed by atoms with E-state index in [0.717, 1.165) is 44.9 Å². The Morgan fingerprint density at radius 2 is 1.93 bits per heavy atom. The SMILES string of the molecule is CC(=O)OC1C[C@]2(C)[C@@H](C(C)=O)CC[C@H]2[C@@H]2CC=C3CC(O)CC[C@]3(C)[C@@H]12. The molecule has 150 valence electrons. The zero-order chi connectivity index (χ0) is 19.6.